The molecule has 0 unspecified atom stereocenters. The van der Waals surface area contributed by atoms with Gasteiger partial charge in [0.05, 0.1) is 29.7 Å². The van der Waals surface area contributed by atoms with E-state index in [4.69, 9.17) is 9.47 Å². The minimum absolute atomic E-state index is 0.0416. The first kappa shape index (κ1) is 29.1. The summed E-state index contributed by atoms with van der Waals surface area (Å²) < 4.78 is 50.7. The highest BCUT2D eigenvalue weighted by molar-refractivity contribution is 6.05. The van der Waals surface area contributed by atoms with Crippen molar-refractivity contribution in [3.8, 4) is 5.75 Å². The Morgan fingerprint density at radius 1 is 1.00 bits per heavy atom. The number of nitrogens with zero attached hydrogens (tertiary/aromatic N) is 1. The molecule has 3 aromatic carbocycles. The molecule has 0 aliphatic carbocycles. The highest BCUT2D eigenvalue weighted by atomic mass is 19.4. The van der Waals surface area contributed by atoms with E-state index < -0.39 is 23.8 Å². The van der Waals surface area contributed by atoms with Gasteiger partial charge in [-0.3, -0.25) is 14.4 Å². The molecule has 3 atom stereocenters. The molecule has 0 spiro atoms. The molecule has 220 valence electrons. The van der Waals surface area contributed by atoms with Gasteiger partial charge in [-0.15, -0.1) is 0 Å². The maximum atomic E-state index is 13.5. The molecule has 2 aliphatic rings. The number of halogens is 3. The highest BCUT2D eigenvalue weighted by Crippen LogP contribution is 2.33. The van der Waals surface area contributed by atoms with Crippen LogP contribution in [0.25, 0.3) is 0 Å². The molecule has 11 heteroatoms. The number of benzene rings is 3. The van der Waals surface area contributed by atoms with Gasteiger partial charge in [-0.2, -0.15) is 13.2 Å². The van der Waals surface area contributed by atoms with Gasteiger partial charge in [0.1, 0.15) is 18.5 Å². The number of carbonyl (C=O) groups is 3. The standard InChI is InChI=1S/C31H30F3N3O5/c1-37-25-13-12-23(16-28(38)35-17-19-5-3-2-4-6-19)42-27(25)18-41-26-14-11-22(15-24(26)30(37)40)36-29(39)20-7-9-21(10-8-20)31(32,33)34/h2-11,14-15,23,25,27H,12-13,16-18H2,1H3,(H,35,38)(H,36,39)/t23-,25-,27-/m0/s1. The second kappa shape index (κ2) is 12.2. The van der Waals surface area contributed by atoms with Crippen LogP contribution in [0.1, 0.15) is 51.1 Å². The number of carbonyl (C=O) groups excluding carboxylic acids is 3. The average molecular weight is 582 g/mol. The normalized spacial score (nSPS) is 20.3. The van der Waals surface area contributed by atoms with E-state index >= 15 is 0 Å². The van der Waals surface area contributed by atoms with Crippen LogP contribution in [-0.2, 0) is 22.3 Å². The minimum Gasteiger partial charge on any atom is -0.490 e. The maximum Gasteiger partial charge on any atom is 0.416 e. The van der Waals surface area contributed by atoms with Gasteiger partial charge in [0, 0.05) is 24.8 Å². The Morgan fingerprint density at radius 2 is 1.74 bits per heavy atom. The van der Waals surface area contributed by atoms with Crippen molar-refractivity contribution in [1.82, 2.24) is 10.2 Å². The zero-order valence-corrected chi connectivity index (χ0v) is 22.8. The van der Waals surface area contributed by atoms with Crippen LogP contribution in [0.3, 0.4) is 0 Å². The molecule has 5 rings (SSSR count). The number of fused-ring (bicyclic) bond motifs is 2. The monoisotopic (exact) mass is 581 g/mol. The Kier molecular flexibility index (Phi) is 8.49. The summed E-state index contributed by atoms with van der Waals surface area (Å²) in [5, 5.41) is 5.55. The van der Waals surface area contributed by atoms with E-state index in [-0.39, 0.29) is 48.1 Å². The van der Waals surface area contributed by atoms with Gasteiger partial charge in [-0.1, -0.05) is 30.3 Å². The van der Waals surface area contributed by atoms with Crippen molar-refractivity contribution in [3.05, 3.63) is 95.1 Å². The second-order valence-corrected chi connectivity index (χ2v) is 10.4. The molecule has 2 N–H and O–H groups in total. The van der Waals surface area contributed by atoms with Crippen LogP contribution in [0.15, 0.2) is 72.8 Å². The average Bonchev–Trinajstić information content (AvgIpc) is 2.98. The molecule has 2 heterocycles. The first-order valence-corrected chi connectivity index (χ1v) is 13.6. The molecule has 1 saturated heterocycles. The molecule has 42 heavy (non-hydrogen) atoms. The summed E-state index contributed by atoms with van der Waals surface area (Å²) in [4.78, 5) is 40.3. The van der Waals surface area contributed by atoms with Gasteiger partial charge < -0.3 is 25.0 Å². The number of amides is 3. The van der Waals surface area contributed by atoms with Crippen LogP contribution >= 0.6 is 0 Å². The molecule has 2 aliphatic heterocycles. The van der Waals surface area contributed by atoms with Crippen LogP contribution in [0, 0.1) is 0 Å². The Bertz CT molecular complexity index is 1450. The summed E-state index contributed by atoms with van der Waals surface area (Å²) in [7, 11) is 1.68. The van der Waals surface area contributed by atoms with E-state index in [1.54, 1.807) is 24.1 Å². The molecule has 0 radical (unpaired) electrons. The first-order chi connectivity index (χ1) is 20.1. The minimum atomic E-state index is -4.50. The van der Waals surface area contributed by atoms with Crippen molar-refractivity contribution < 1.29 is 37.0 Å². The number of anilines is 1. The lowest BCUT2D eigenvalue weighted by Crippen LogP contribution is -2.53. The quantitative estimate of drug-likeness (QED) is 0.425. The number of likely N-dealkylation sites (N-methyl/N-ethyl adjacent to an activating group) is 1. The molecule has 3 amide bonds. The van der Waals surface area contributed by atoms with E-state index in [1.807, 2.05) is 30.3 Å². The summed E-state index contributed by atoms with van der Waals surface area (Å²) in [6.45, 7) is 0.594. The smallest absolute Gasteiger partial charge is 0.416 e. The molecule has 1 fully saturated rings. The van der Waals surface area contributed by atoms with Gasteiger partial charge in [-0.05, 0) is 60.9 Å². The third-order valence-electron chi connectivity index (χ3n) is 7.49. The van der Waals surface area contributed by atoms with Crippen molar-refractivity contribution in [3.63, 3.8) is 0 Å². The fourth-order valence-corrected chi connectivity index (χ4v) is 5.19. The largest absolute Gasteiger partial charge is 0.490 e. The fraction of sp³-hybridized carbons (Fsp3) is 0.323. The fourth-order valence-electron chi connectivity index (χ4n) is 5.19. The van der Waals surface area contributed by atoms with Crippen molar-refractivity contribution in [2.45, 2.75) is 50.2 Å². The van der Waals surface area contributed by atoms with E-state index in [0.717, 1.165) is 29.8 Å². The first-order valence-electron chi connectivity index (χ1n) is 13.6. The van der Waals surface area contributed by atoms with Gasteiger partial charge >= 0.3 is 6.18 Å². The summed E-state index contributed by atoms with van der Waals surface area (Å²) in [6.07, 6.45) is -3.84. The van der Waals surface area contributed by atoms with Gasteiger partial charge in [0.15, 0.2) is 0 Å². The maximum absolute atomic E-state index is 13.5. The lowest BCUT2D eigenvalue weighted by atomic mass is 9.94. The van der Waals surface area contributed by atoms with Gasteiger partial charge in [0.25, 0.3) is 11.8 Å². The van der Waals surface area contributed by atoms with Gasteiger partial charge in [0.2, 0.25) is 5.91 Å². The highest BCUT2D eigenvalue weighted by Gasteiger charge is 2.39. The Morgan fingerprint density at radius 3 is 2.45 bits per heavy atom. The number of nitrogens with one attached hydrogen (secondary N) is 2. The van der Waals surface area contributed by atoms with E-state index in [2.05, 4.69) is 10.6 Å². The molecule has 0 saturated carbocycles. The number of hydrogen-bond acceptors (Lipinski definition) is 5. The second-order valence-electron chi connectivity index (χ2n) is 10.4. The number of alkyl halides is 3. The lowest BCUT2D eigenvalue weighted by molar-refractivity contribution is -0.137. The van der Waals surface area contributed by atoms with Crippen molar-refractivity contribution in [1.29, 1.82) is 0 Å². The SMILES string of the molecule is CN1C(=O)c2cc(NC(=O)c3ccc(C(F)(F)F)cc3)ccc2OC[C@@H]2O[C@H](CC(=O)NCc3ccccc3)CC[C@@H]21. The molecule has 0 aromatic heterocycles. The predicted octanol–water partition coefficient (Wildman–Crippen LogP) is 5.04. The zero-order chi connectivity index (χ0) is 29.9. The Balaban J connectivity index is 1.22. The molecule has 3 aromatic rings. The topological polar surface area (TPSA) is 97.0 Å². The summed E-state index contributed by atoms with van der Waals surface area (Å²) in [5.74, 6) is -0.748. The number of hydrogen-bond donors (Lipinski definition) is 2. The van der Waals surface area contributed by atoms with Crippen LogP contribution < -0.4 is 15.4 Å². The molecule has 0 bridgehead atoms. The molecular formula is C31H30F3N3O5. The molecule has 8 nitrogen and oxygen atoms in total. The summed E-state index contributed by atoms with van der Waals surface area (Å²) in [5.41, 5.74) is 0.727. The van der Waals surface area contributed by atoms with Crippen molar-refractivity contribution in [2.75, 3.05) is 19.0 Å². The Labute approximate surface area is 240 Å². The van der Waals surface area contributed by atoms with Crippen LogP contribution in [0.5, 0.6) is 5.75 Å². The summed E-state index contributed by atoms with van der Waals surface area (Å²) in [6, 6.07) is 17.8. The van der Waals surface area contributed by atoms with Crippen LogP contribution in [0.2, 0.25) is 0 Å². The third-order valence-corrected chi connectivity index (χ3v) is 7.49. The van der Waals surface area contributed by atoms with Gasteiger partial charge in [-0.25, -0.2) is 0 Å². The lowest BCUT2D eigenvalue weighted by Gasteiger charge is -2.42. The number of rotatable bonds is 6. The third kappa shape index (κ3) is 6.73. The van der Waals surface area contributed by atoms with E-state index in [0.29, 0.717) is 30.8 Å². The predicted molar refractivity (Wildman–Crippen MR) is 148 cm³/mol. The van der Waals surface area contributed by atoms with Crippen molar-refractivity contribution >= 4 is 23.4 Å². The van der Waals surface area contributed by atoms with E-state index in [1.165, 1.54) is 6.07 Å². The van der Waals surface area contributed by atoms with E-state index in [9.17, 15) is 27.6 Å². The van der Waals surface area contributed by atoms with Crippen LogP contribution in [-0.4, -0.2) is 54.5 Å². The van der Waals surface area contributed by atoms with Crippen molar-refractivity contribution in [2.24, 2.45) is 0 Å². The Hall–Kier alpha value is -4.38. The molecular weight excluding hydrogens is 551 g/mol. The number of ether oxygens (including phenoxy) is 2. The zero-order valence-electron chi connectivity index (χ0n) is 22.8. The summed E-state index contributed by atoms with van der Waals surface area (Å²) >= 11 is 0. The van der Waals surface area contributed by atoms with Crippen LogP contribution in [0.4, 0.5) is 18.9 Å².